The van der Waals surface area contributed by atoms with Gasteiger partial charge in [-0.05, 0) is 49.2 Å². The van der Waals surface area contributed by atoms with Gasteiger partial charge in [0.2, 0.25) is 10.0 Å². The van der Waals surface area contributed by atoms with Gasteiger partial charge in [-0.3, -0.25) is 4.79 Å². The van der Waals surface area contributed by atoms with E-state index in [2.05, 4.69) is 10.4 Å². The highest BCUT2D eigenvalue weighted by Crippen LogP contribution is 2.24. The molecule has 0 saturated heterocycles. The normalized spacial score (nSPS) is 11.3. The predicted molar refractivity (Wildman–Crippen MR) is 98.8 cm³/mol. The number of sulfonamides is 1. The number of nitrogens with one attached hydrogen (secondary N) is 1. The van der Waals surface area contributed by atoms with Gasteiger partial charge >= 0.3 is 0 Å². The van der Waals surface area contributed by atoms with Crippen LogP contribution in [0.1, 0.15) is 21.5 Å². The maximum Gasteiger partial charge on any atom is 0.258 e. The molecule has 0 saturated carbocycles. The van der Waals surface area contributed by atoms with Crippen LogP contribution in [-0.2, 0) is 10.0 Å². The van der Waals surface area contributed by atoms with Crippen LogP contribution in [0.4, 0.5) is 5.69 Å². The fourth-order valence-corrected chi connectivity index (χ4v) is 3.10. The second-order valence-electron chi connectivity index (χ2n) is 5.92. The number of nitrogens with zero attached hydrogens (tertiary/aromatic N) is 2. The van der Waals surface area contributed by atoms with Crippen LogP contribution >= 0.6 is 0 Å². The highest BCUT2D eigenvalue weighted by Gasteiger charge is 2.16. The Hall–Kier alpha value is -2.97. The maximum atomic E-state index is 12.5. The largest absolute Gasteiger partial charge is 0.322 e. The third kappa shape index (κ3) is 3.66. The Kier molecular flexibility index (Phi) is 4.62. The van der Waals surface area contributed by atoms with Crippen molar-refractivity contribution in [3.05, 3.63) is 71.5 Å². The Morgan fingerprint density at radius 2 is 1.85 bits per heavy atom. The van der Waals surface area contributed by atoms with Crippen LogP contribution in [0.15, 0.2) is 59.8 Å². The number of primary sulfonamides is 1. The summed E-state index contributed by atoms with van der Waals surface area (Å²) in [5.74, 6) is -0.388. The van der Waals surface area contributed by atoms with Gasteiger partial charge in [0.25, 0.3) is 5.91 Å². The second-order valence-corrected chi connectivity index (χ2v) is 7.48. The zero-order valence-corrected chi connectivity index (χ0v) is 15.1. The fourth-order valence-electron chi connectivity index (χ4n) is 2.48. The molecule has 26 heavy (non-hydrogen) atoms. The molecule has 1 aromatic heterocycles. The van der Waals surface area contributed by atoms with Crippen molar-refractivity contribution in [2.45, 2.75) is 18.7 Å². The molecule has 1 heterocycles. The van der Waals surface area contributed by atoms with Crippen molar-refractivity contribution in [3.8, 4) is 5.69 Å². The van der Waals surface area contributed by atoms with Crippen molar-refractivity contribution in [2.75, 3.05) is 5.32 Å². The molecule has 2 aromatic carbocycles. The molecule has 1 amide bonds. The number of aryl methyl sites for hydroxylation is 1. The summed E-state index contributed by atoms with van der Waals surface area (Å²) in [6.07, 6.45) is 3.06. The standard InChI is InChI=1S/C18H18N4O3S/c1-12-8-16(26(19,24)25)9-17(13(12)2)21-18(23)14-10-20-22(11-14)15-6-4-3-5-7-15/h3-11H,1-2H3,(H,21,23)(H2,19,24,25). The van der Waals surface area contributed by atoms with Gasteiger partial charge < -0.3 is 5.32 Å². The molecule has 7 nitrogen and oxygen atoms in total. The molecule has 3 aromatic rings. The Morgan fingerprint density at radius 3 is 2.50 bits per heavy atom. The number of hydrogen-bond acceptors (Lipinski definition) is 4. The molecule has 134 valence electrons. The van der Waals surface area contributed by atoms with Gasteiger partial charge in [0, 0.05) is 11.9 Å². The summed E-state index contributed by atoms with van der Waals surface area (Å²) in [7, 11) is -3.86. The summed E-state index contributed by atoms with van der Waals surface area (Å²) in [6.45, 7) is 3.55. The number of amides is 1. The minimum Gasteiger partial charge on any atom is -0.322 e. The number of anilines is 1. The smallest absolute Gasteiger partial charge is 0.258 e. The van der Waals surface area contributed by atoms with Gasteiger partial charge in [0.1, 0.15) is 0 Å². The lowest BCUT2D eigenvalue weighted by Crippen LogP contribution is -2.16. The first-order valence-corrected chi connectivity index (χ1v) is 9.36. The van der Waals surface area contributed by atoms with Crippen molar-refractivity contribution < 1.29 is 13.2 Å². The summed E-state index contributed by atoms with van der Waals surface area (Å²) < 4.78 is 24.8. The molecule has 0 unspecified atom stereocenters. The minimum atomic E-state index is -3.86. The molecule has 0 fully saturated rings. The Morgan fingerprint density at radius 1 is 1.15 bits per heavy atom. The first kappa shape index (κ1) is 17.8. The van der Waals surface area contributed by atoms with Gasteiger partial charge in [-0.2, -0.15) is 5.10 Å². The number of carbonyl (C=O) groups is 1. The van der Waals surface area contributed by atoms with Crippen molar-refractivity contribution in [3.63, 3.8) is 0 Å². The summed E-state index contributed by atoms with van der Waals surface area (Å²) in [5.41, 5.74) is 3.06. The van der Waals surface area contributed by atoms with Gasteiger partial charge in [-0.1, -0.05) is 18.2 Å². The van der Waals surface area contributed by atoms with Crippen LogP contribution in [0.5, 0.6) is 0 Å². The molecule has 3 rings (SSSR count). The molecule has 0 aliphatic carbocycles. The minimum absolute atomic E-state index is 0.0455. The van der Waals surface area contributed by atoms with Crippen LogP contribution in [0.25, 0.3) is 5.69 Å². The molecular weight excluding hydrogens is 352 g/mol. The summed E-state index contributed by atoms with van der Waals surface area (Å²) in [5, 5.41) is 12.1. The topological polar surface area (TPSA) is 107 Å². The van der Waals surface area contributed by atoms with Crippen LogP contribution in [0.2, 0.25) is 0 Å². The van der Waals surface area contributed by atoms with Gasteiger partial charge in [-0.25, -0.2) is 18.2 Å². The Bertz CT molecular complexity index is 1070. The second kappa shape index (κ2) is 6.74. The Balaban J connectivity index is 1.89. The quantitative estimate of drug-likeness (QED) is 0.735. The lowest BCUT2D eigenvalue weighted by atomic mass is 10.1. The molecule has 0 aliphatic heterocycles. The van der Waals surface area contributed by atoms with Crippen molar-refractivity contribution in [2.24, 2.45) is 5.14 Å². The van der Waals surface area contributed by atoms with Crippen molar-refractivity contribution in [1.29, 1.82) is 0 Å². The highest BCUT2D eigenvalue weighted by atomic mass is 32.2. The monoisotopic (exact) mass is 370 g/mol. The molecule has 0 bridgehead atoms. The zero-order valence-electron chi connectivity index (χ0n) is 14.3. The molecule has 0 spiro atoms. The fraction of sp³-hybridized carbons (Fsp3) is 0.111. The average molecular weight is 370 g/mol. The number of para-hydroxylation sites is 1. The van der Waals surface area contributed by atoms with E-state index in [9.17, 15) is 13.2 Å². The zero-order chi connectivity index (χ0) is 18.9. The highest BCUT2D eigenvalue weighted by molar-refractivity contribution is 7.89. The van der Waals surface area contributed by atoms with Crippen molar-refractivity contribution >= 4 is 21.6 Å². The van der Waals surface area contributed by atoms with Gasteiger partial charge in [-0.15, -0.1) is 0 Å². The molecule has 8 heteroatoms. The molecule has 0 atom stereocenters. The van der Waals surface area contributed by atoms with E-state index in [1.807, 2.05) is 30.3 Å². The molecule has 0 aliphatic rings. The number of carbonyl (C=O) groups excluding carboxylic acids is 1. The molecule has 3 N–H and O–H groups in total. The van der Waals surface area contributed by atoms with E-state index in [-0.39, 0.29) is 10.8 Å². The number of aromatic nitrogens is 2. The third-order valence-electron chi connectivity index (χ3n) is 4.08. The van der Waals surface area contributed by atoms with E-state index >= 15 is 0 Å². The van der Waals surface area contributed by atoms with E-state index < -0.39 is 10.0 Å². The summed E-state index contributed by atoms with van der Waals surface area (Å²) in [4.78, 5) is 12.5. The first-order chi connectivity index (χ1) is 12.3. The lowest BCUT2D eigenvalue weighted by molar-refractivity contribution is 0.102. The maximum absolute atomic E-state index is 12.5. The number of nitrogens with two attached hydrogens (primary N) is 1. The van der Waals surface area contributed by atoms with Gasteiger partial charge in [0.15, 0.2) is 0 Å². The lowest BCUT2D eigenvalue weighted by Gasteiger charge is -2.12. The first-order valence-electron chi connectivity index (χ1n) is 7.81. The SMILES string of the molecule is Cc1cc(S(N)(=O)=O)cc(NC(=O)c2cnn(-c3ccccc3)c2)c1C. The molecule has 0 radical (unpaired) electrons. The summed E-state index contributed by atoms with van der Waals surface area (Å²) in [6, 6.07) is 12.2. The number of rotatable bonds is 4. The number of hydrogen-bond donors (Lipinski definition) is 2. The summed E-state index contributed by atoms with van der Waals surface area (Å²) >= 11 is 0. The van der Waals surface area contributed by atoms with Crippen molar-refractivity contribution in [1.82, 2.24) is 9.78 Å². The van der Waals surface area contributed by atoms with E-state index in [1.165, 1.54) is 18.3 Å². The van der Waals surface area contributed by atoms with Gasteiger partial charge in [0.05, 0.1) is 22.3 Å². The van der Waals surface area contributed by atoms with Crippen LogP contribution in [-0.4, -0.2) is 24.1 Å². The predicted octanol–water partition coefficient (Wildman–Crippen LogP) is 2.39. The Labute approximate surface area is 151 Å². The van der Waals surface area contributed by atoms with Crippen LogP contribution < -0.4 is 10.5 Å². The van der Waals surface area contributed by atoms with Crippen LogP contribution in [0, 0.1) is 13.8 Å². The molecular formula is C18H18N4O3S. The number of benzene rings is 2. The van der Waals surface area contributed by atoms with E-state index in [4.69, 9.17) is 5.14 Å². The van der Waals surface area contributed by atoms with E-state index in [0.717, 1.165) is 11.3 Å². The van der Waals surface area contributed by atoms with Crippen LogP contribution in [0.3, 0.4) is 0 Å². The third-order valence-corrected chi connectivity index (χ3v) is 4.98. The average Bonchev–Trinajstić information content (AvgIpc) is 3.09. The van der Waals surface area contributed by atoms with E-state index in [1.54, 1.807) is 24.7 Å². The van der Waals surface area contributed by atoms with E-state index in [0.29, 0.717) is 16.8 Å².